The van der Waals surface area contributed by atoms with Crippen molar-refractivity contribution in [3.05, 3.63) is 70.1 Å². The van der Waals surface area contributed by atoms with Crippen LogP contribution in [0.5, 0.6) is 0 Å². The second kappa shape index (κ2) is 7.05. The maximum absolute atomic E-state index is 12.0. The van der Waals surface area contributed by atoms with E-state index in [-0.39, 0.29) is 5.69 Å². The first-order valence-corrected chi connectivity index (χ1v) is 8.48. The van der Waals surface area contributed by atoms with Gasteiger partial charge in [0.1, 0.15) is 0 Å². The number of benzene rings is 2. The first-order chi connectivity index (χ1) is 11.6. The summed E-state index contributed by atoms with van der Waals surface area (Å²) in [7, 11) is 3.64. The summed E-state index contributed by atoms with van der Waals surface area (Å²) in [5.74, 6) is 0. The normalized spacial score (nSPS) is 12.6. The highest BCUT2D eigenvalue weighted by atomic mass is 16.1. The van der Waals surface area contributed by atoms with Crippen LogP contribution in [0.3, 0.4) is 0 Å². The summed E-state index contributed by atoms with van der Waals surface area (Å²) in [4.78, 5) is 12.0. The summed E-state index contributed by atoms with van der Waals surface area (Å²) in [5, 5.41) is 3.58. The Bertz CT molecular complexity index is 877. The van der Waals surface area contributed by atoms with Gasteiger partial charge in [0.2, 0.25) is 0 Å². The Balaban J connectivity index is 1.61. The maximum atomic E-state index is 12.0. The molecule has 0 saturated heterocycles. The second-order valence-corrected chi connectivity index (χ2v) is 6.53. The average Bonchev–Trinajstić information content (AvgIpc) is 2.83. The van der Waals surface area contributed by atoms with E-state index in [1.165, 1.54) is 11.1 Å². The molecule has 0 fully saturated rings. The lowest BCUT2D eigenvalue weighted by Crippen LogP contribution is -2.26. The van der Waals surface area contributed by atoms with E-state index in [9.17, 15) is 4.79 Å². The Labute approximate surface area is 142 Å². The summed E-state index contributed by atoms with van der Waals surface area (Å²) < 4.78 is 3.40. The zero-order chi connectivity index (χ0) is 17.1. The van der Waals surface area contributed by atoms with Crippen LogP contribution in [0.15, 0.2) is 53.3 Å². The lowest BCUT2D eigenvalue weighted by molar-refractivity contribution is 0.514. The van der Waals surface area contributed by atoms with Gasteiger partial charge in [-0.1, -0.05) is 36.4 Å². The topological polar surface area (TPSA) is 39.0 Å². The van der Waals surface area contributed by atoms with Gasteiger partial charge in [0.15, 0.2) is 0 Å². The largest absolute Gasteiger partial charge is 0.328 e. The summed E-state index contributed by atoms with van der Waals surface area (Å²) in [6.07, 6.45) is 2.19. The summed E-state index contributed by atoms with van der Waals surface area (Å²) in [6, 6.07) is 17.3. The molecule has 24 heavy (non-hydrogen) atoms. The van der Waals surface area contributed by atoms with Crippen LogP contribution in [0.2, 0.25) is 0 Å². The summed E-state index contributed by atoms with van der Waals surface area (Å²) in [5.41, 5.74) is 4.57. The van der Waals surface area contributed by atoms with Gasteiger partial charge in [-0.25, -0.2) is 4.79 Å². The van der Waals surface area contributed by atoms with Crippen molar-refractivity contribution in [1.82, 2.24) is 14.5 Å². The summed E-state index contributed by atoms with van der Waals surface area (Å²) in [6.45, 7) is 3.04. The highest BCUT2D eigenvalue weighted by Crippen LogP contribution is 2.14. The molecule has 3 aromatic rings. The van der Waals surface area contributed by atoms with Gasteiger partial charge in [-0.3, -0.25) is 9.13 Å². The molecule has 1 unspecified atom stereocenters. The molecular weight excluding hydrogens is 298 g/mol. The molecule has 0 amide bonds. The number of imidazole rings is 1. The minimum Gasteiger partial charge on any atom is -0.310 e. The fraction of sp³-hybridized carbons (Fsp3) is 0.350. The molecule has 1 N–H and O–H groups in total. The highest BCUT2D eigenvalue weighted by Gasteiger charge is 2.08. The van der Waals surface area contributed by atoms with Crippen LogP contribution >= 0.6 is 0 Å². The van der Waals surface area contributed by atoms with Crippen molar-refractivity contribution in [1.29, 1.82) is 0 Å². The van der Waals surface area contributed by atoms with Crippen LogP contribution < -0.4 is 11.0 Å². The minimum absolute atomic E-state index is 0.0198. The Morgan fingerprint density at radius 1 is 0.958 bits per heavy atom. The van der Waals surface area contributed by atoms with Gasteiger partial charge in [0.25, 0.3) is 0 Å². The molecule has 4 heteroatoms. The molecule has 1 aromatic heterocycles. The average molecular weight is 323 g/mol. The van der Waals surface area contributed by atoms with Gasteiger partial charge < -0.3 is 5.32 Å². The molecule has 0 spiro atoms. The highest BCUT2D eigenvalue weighted by molar-refractivity contribution is 5.76. The second-order valence-electron chi connectivity index (χ2n) is 6.53. The third-order valence-electron chi connectivity index (χ3n) is 4.70. The molecule has 126 valence electrons. The number of nitrogens with one attached hydrogen (secondary N) is 1. The zero-order valence-electron chi connectivity index (χ0n) is 14.6. The third kappa shape index (κ3) is 3.44. The molecule has 1 heterocycles. The number of aromatic nitrogens is 2. The fourth-order valence-electron chi connectivity index (χ4n) is 3.08. The summed E-state index contributed by atoms with van der Waals surface area (Å²) >= 11 is 0. The zero-order valence-corrected chi connectivity index (χ0v) is 14.6. The van der Waals surface area contributed by atoms with Gasteiger partial charge in [0, 0.05) is 26.7 Å². The standard InChI is InChI=1S/C20H25N3O/c1-15(9-10-16-7-5-4-6-8-16)21-14-17-11-12-18-19(13-17)23(3)20(24)22(18)2/h4-8,11-13,15,21H,9-10,14H2,1-3H3. The minimum atomic E-state index is 0.0198. The van der Waals surface area contributed by atoms with E-state index in [0.717, 1.165) is 30.4 Å². The number of hydrogen-bond donors (Lipinski definition) is 1. The van der Waals surface area contributed by atoms with Crippen LogP contribution in [0.4, 0.5) is 0 Å². The number of rotatable bonds is 6. The Morgan fingerprint density at radius 3 is 2.42 bits per heavy atom. The lowest BCUT2D eigenvalue weighted by Gasteiger charge is -2.14. The van der Waals surface area contributed by atoms with Crippen molar-refractivity contribution in [2.45, 2.75) is 32.4 Å². The van der Waals surface area contributed by atoms with Crippen LogP contribution in [-0.4, -0.2) is 15.2 Å². The molecule has 1 atom stereocenters. The predicted molar refractivity (Wildman–Crippen MR) is 99.2 cm³/mol. The van der Waals surface area contributed by atoms with Crippen molar-refractivity contribution in [2.24, 2.45) is 14.1 Å². The van der Waals surface area contributed by atoms with E-state index in [1.54, 1.807) is 9.13 Å². The predicted octanol–water partition coefficient (Wildman–Crippen LogP) is 2.99. The number of hydrogen-bond acceptors (Lipinski definition) is 2. The molecule has 3 rings (SSSR count). The van der Waals surface area contributed by atoms with E-state index in [1.807, 2.05) is 20.2 Å². The van der Waals surface area contributed by atoms with Gasteiger partial charge in [-0.15, -0.1) is 0 Å². The number of fused-ring (bicyclic) bond motifs is 1. The third-order valence-corrected chi connectivity index (χ3v) is 4.70. The molecule has 2 aromatic carbocycles. The molecular formula is C20H25N3O. The Morgan fingerprint density at radius 2 is 1.67 bits per heavy atom. The number of aryl methyl sites for hydroxylation is 3. The molecule has 0 radical (unpaired) electrons. The maximum Gasteiger partial charge on any atom is 0.328 e. The fourth-order valence-corrected chi connectivity index (χ4v) is 3.08. The smallest absolute Gasteiger partial charge is 0.310 e. The van der Waals surface area contributed by atoms with Crippen molar-refractivity contribution >= 4 is 11.0 Å². The van der Waals surface area contributed by atoms with Crippen molar-refractivity contribution in [3.8, 4) is 0 Å². The Kier molecular flexibility index (Phi) is 4.86. The number of nitrogens with zero attached hydrogens (tertiary/aromatic N) is 2. The van der Waals surface area contributed by atoms with Crippen molar-refractivity contribution in [2.75, 3.05) is 0 Å². The lowest BCUT2D eigenvalue weighted by atomic mass is 10.1. The molecule has 0 aliphatic heterocycles. The van der Waals surface area contributed by atoms with Crippen molar-refractivity contribution in [3.63, 3.8) is 0 Å². The molecule has 0 saturated carbocycles. The van der Waals surface area contributed by atoms with Gasteiger partial charge >= 0.3 is 5.69 Å². The van der Waals surface area contributed by atoms with E-state index < -0.39 is 0 Å². The molecule has 0 aliphatic carbocycles. The van der Waals surface area contributed by atoms with E-state index in [2.05, 4.69) is 54.7 Å². The van der Waals surface area contributed by atoms with Crippen LogP contribution in [0.1, 0.15) is 24.5 Å². The van der Waals surface area contributed by atoms with Gasteiger partial charge in [0.05, 0.1) is 11.0 Å². The van der Waals surface area contributed by atoms with Gasteiger partial charge in [-0.2, -0.15) is 0 Å². The molecule has 0 bridgehead atoms. The monoisotopic (exact) mass is 323 g/mol. The first kappa shape index (κ1) is 16.5. The van der Waals surface area contributed by atoms with Crippen LogP contribution in [0.25, 0.3) is 11.0 Å². The van der Waals surface area contributed by atoms with Crippen molar-refractivity contribution < 1.29 is 0 Å². The van der Waals surface area contributed by atoms with Gasteiger partial charge in [-0.05, 0) is 43.0 Å². The van der Waals surface area contributed by atoms with Crippen LogP contribution in [0, 0.1) is 0 Å². The molecule has 4 nitrogen and oxygen atoms in total. The van der Waals surface area contributed by atoms with E-state index >= 15 is 0 Å². The van der Waals surface area contributed by atoms with Crippen LogP contribution in [-0.2, 0) is 27.1 Å². The quantitative estimate of drug-likeness (QED) is 0.757. The van der Waals surface area contributed by atoms with E-state index in [4.69, 9.17) is 0 Å². The van der Waals surface area contributed by atoms with E-state index in [0.29, 0.717) is 6.04 Å². The first-order valence-electron chi connectivity index (χ1n) is 8.48. The SMILES string of the molecule is CC(CCc1ccccc1)NCc1ccc2c(c1)n(C)c(=O)n2C. The Hall–Kier alpha value is -2.33. The molecule has 0 aliphatic rings.